The van der Waals surface area contributed by atoms with Gasteiger partial charge in [0.05, 0.1) is 0 Å². The topological polar surface area (TPSA) is 207 Å². The van der Waals surface area contributed by atoms with Gasteiger partial charge in [-0.3, -0.25) is 0 Å². The van der Waals surface area contributed by atoms with E-state index < -0.39 is 15.6 Å². The summed E-state index contributed by atoms with van der Waals surface area (Å²) in [5.41, 5.74) is 0. The minimum atomic E-state index is -5.39. The summed E-state index contributed by atoms with van der Waals surface area (Å²) in [5.74, 6) is 0. The lowest BCUT2D eigenvalue weighted by Gasteiger charge is -2.36. The van der Waals surface area contributed by atoms with E-state index in [1.54, 1.807) is 0 Å². The van der Waals surface area contributed by atoms with E-state index in [0.29, 0.717) is 19.3 Å². The van der Waals surface area contributed by atoms with E-state index in [1.807, 2.05) is 0 Å². The maximum absolute atomic E-state index is 9.56. The molecule has 0 heterocycles. The van der Waals surface area contributed by atoms with Gasteiger partial charge in [0, 0.05) is 12.8 Å². The van der Waals surface area contributed by atoms with Crippen molar-refractivity contribution in [2.45, 2.75) is 19.3 Å². The highest BCUT2D eigenvalue weighted by Crippen LogP contribution is 2.03. The highest BCUT2D eigenvalue weighted by Gasteiger charge is 1.80. The molecule has 0 spiro atoms. The molecule has 0 saturated carbocycles. The summed E-state index contributed by atoms with van der Waals surface area (Å²) in [4.78, 5) is 70.4. The number of phosphoric acid groups is 2. The van der Waals surface area contributed by atoms with Gasteiger partial charge >= 0.3 is 0 Å². The van der Waals surface area contributed by atoms with E-state index in [0.717, 1.165) is 12.6 Å². The normalized spacial score (nSPS) is 10.2. The molecule has 0 aliphatic rings. The van der Waals surface area contributed by atoms with Gasteiger partial charge in [-0.05, 0) is 6.42 Å². The van der Waals surface area contributed by atoms with E-state index in [1.165, 1.54) is 0 Å². The van der Waals surface area contributed by atoms with Crippen LogP contribution in [0.25, 0.3) is 0 Å². The fraction of sp³-hybridized carbons (Fsp3) is 0.600. The molecule has 0 rings (SSSR count). The Bertz CT molecular complexity index is 232. The number of hydrogen-bond donors (Lipinski definition) is 0. The summed E-state index contributed by atoms with van der Waals surface area (Å²) in [6, 6.07) is 0. The van der Waals surface area contributed by atoms with Gasteiger partial charge < -0.3 is 48.1 Å². The Labute approximate surface area is 96.4 Å². The number of carbonyl (C=O) groups is 2. The Balaban J connectivity index is -0.000000177. The number of hydrogen-bond acceptors (Lipinski definition) is 10. The van der Waals surface area contributed by atoms with Crippen LogP contribution in [-0.2, 0) is 18.7 Å². The van der Waals surface area contributed by atoms with Gasteiger partial charge in [-0.15, -0.1) is 0 Å². The van der Waals surface area contributed by atoms with E-state index in [-0.39, 0.29) is 0 Å². The molecule has 0 aromatic heterocycles. The Morgan fingerprint density at radius 3 is 1.00 bits per heavy atom. The van der Waals surface area contributed by atoms with Crippen LogP contribution < -0.4 is 29.4 Å². The highest BCUT2D eigenvalue weighted by molar-refractivity contribution is 7.40. The number of rotatable bonds is 4. The molecule has 0 aromatic carbocycles. The van der Waals surface area contributed by atoms with Gasteiger partial charge in [-0.2, -0.15) is 15.6 Å². The summed E-state index contributed by atoms with van der Waals surface area (Å²) in [6.07, 6.45) is 3.37. The van der Waals surface area contributed by atoms with E-state index in [2.05, 4.69) is 0 Å². The lowest BCUT2D eigenvalue weighted by Crippen LogP contribution is -2.24. The van der Waals surface area contributed by atoms with Crippen molar-refractivity contribution < 1.29 is 48.1 Å². The van der Waals surface area contributed by atoms with Gasteiger partial charge in [0.1, 0.15) is 12.6 Å². The number of aldehydes is 2. The lowest BCUT2D eigenvalue weighted by molar-refractivity contribution is -0.434. The van der Waals surface area contributed by atoms with Crippen molar-refractivity contribution in [2.75, 3.05) is 0 Å². The van der Waals surface area contributed by atoms with Crippen LogP contribution >= 0.6 is 15.6 Å². The quantitative estimate of drug-likeness (QED) is 0.273. The predicted octanol–water partition coefficient (Wildman–Crippen LogP) is -5.09. The average Bonchev–Trinajstić information content (AvgIpc) is 1.99. The van der Waals surface area contributed by atoms with Crippen LogP contribution in [0, 0.1) is 0 Å². The summed E-state index contributed by atoms with van der Waals surface area (Å²) in [7, 11) is -10.8. The molecule has 0 aromatic rings. The smallest absolute Gasteiger partial charge is 0.120 e. The zero-order chi connectivity index (χ0) is 14.5. The third-order valence-corrected chi connectivity index (χ3v) is 0.644. The Hall–Kier alpha value is -0.440. The number of unbranched alkanes of at least 4 members (excludes halogenated alkanes) is 2. The summed E-state index contributed by atoms with van der Waals surface area (Å²) < 4.78 is 17.1. The second-order valence-corrected chi connectivity index (χ2v) is 3.95. The van der Waals surface area contributed by atoms with Crippen molar-refractivity contribution in [3.63, 3.8) is 0 Å². The molecule has 0 bridgehead atoms. The largest absolute Gasteiger partial charge is 0.822 e. The van der Waals surface area contributed by atoms with Crippen LogP contribution in [0.2, 0.25) is 0 Å². The molecule has 0 fully saturated rings. The zero-order valence-electron chi connectivity index (χ0n) is 8.25. The first-order valence-electron chi connectivity index (χ1n) is 3.75. The molecule has 0 aliphatic heterocycles. The van der Waals surface area contributed by atoms with Gasteiger partial charge in [0.2, 0.25) is 0 Å². The first-order chi connectivity index (χ1) is 7.41. The van der Waals surface area contributed by atoms with Gasteiger partial charge in [-0.25, -0.2) is 0 Å². The highest BCUT2D eigenvalue weighted by atomic mass is 31.2. The van der Waals surface area contributed by atoms with Crippen LogP contribution in [0.3, 0.4) is 0 Å². The van der Waals surface area contributed by atoms with Crippen molar-refractivity contribution in [1.82, 2.24) is 0 Å². The third-order valence-electron chi connectivity index (χ3n) is 0.644. The van der Waals surface area contributed by atoms with Crippen molar-refractivity contribution in [1.29, 1.82) is 0 Å². The molecule has 0 radical (unpaired) electrons. The molecule has 0 amide bonds. The minimum absolute atomic E-state index is 0.513. The molecule has 17 heavy (non-hydrogen) atoms. The molecule has 0 atom stereocenters. The van der Waals surface area contributed by atoms with Gasteiger partial charge in [0.15, 0.2) is 0 Å². The molecule has 12 heteroatoms. The minimum Gasteiger partial charge on any atom is -0.822 e. The molecular formula is C5H8O10P2-6. The third kappa shape index (κ3) is 226. The predicted molar refractivity (Wildman–Crippen MR) is 41.2 cm³/mol. The van der Waals surface area contributed by atoms with Crippen LogP contribution in [0.1, 0.15) is 19.3 Å². The maximum atomic E-state index is 9.56. The van der Waals surface area contributed by atoms with Crippen molar-refractivity contribution >= 4 is 28.2 Å². The lowest BCUT2D eigenvalue weighted by atomic mass is 10.3. The molecule has 0 unspecified atom stereocenters. The van der Waals surface area contributed by atoms with Crippen molar-refractivity contribution in [3.8, 4) is 0 Å². The Morgan fingerprint density at radius 1 is 0.706 bits per heavy atom. The van der Waals surface area contributed by atoms with Gasteiger partial charge in [0.25, 0.3) is 0 Å². The monoisotopic (exact) mass is 290 g/mol. The second kappa shape index (κ2) is 12.0. The standard InChI is InChI=1S/C5H8O2.2H3O4P/c6-4-2-1-3-5-7;2*1-5(2,3)4/h4-5H,1-3H2;2*(H3,1,2,3,4)/p-6. The van der Waals surface area contributed by atoms with Crippen molar-refractivity contribution in [3.05, 3.63) is 0 Å². The molecule has 0 aliphatic carbocycles. The van der Waals surface area contributed by atoms with Crippen LogP contribution in [0.5, 0.6) is 0 Å². The molecule has 0 N–H and O–H groups in total. The maximum Gasteiger partial charge on any atom is 0.120 e. The zero-order valence-corrected chi connectivity index (χ0v) is 10.0. The molecule has 10 nitrogen and oxygen atoms in total. The Morgan fingerprint density at radius 2 is 0.882 bits per heavy atom. The fourth-order valence-electron chi connectivity index (χ4n) is 0.285. The van der Waals surface area contributed by atoms with Crippen molar-refractivity contribution in [2.24, 2.45) is 0 Å². The number of carbonyl (C=O) groups excluding carboxylic acids is 2. The summed E-state index contributed by atoms with van der Waals surface area (Å²) in [5, 5.41) is 0. The van der Waals surface area contributed by atoms with Crippen LogP contribution in [0.15, 0.2) is 0 Å². The first kappa shape index (κ1) is 21.8. The average molecular weight is 290 g/mol. The van der Waals surface area contributed by atoms with Crippen LogP contribution in [-0.4, -0.2) is 12.6 Å². The van der Waals surface area contributed by atoms with Crippen LogP contribution in [0.4, 0.5) is 0 Å². The Kier molecular flexibility index (Phi) is 15.4. The molecule has 104 valence electrons. The second-order valence-electron chi connectivity index (χ2n) is 2.16. The van der Waals surface area contributed by atoms with E-state index in [9.17, 15) is 9.59 Å². The van der Waals surface area contributed by atoms with E-state index in [4.69, 9.17) is 38.5 Å². The summed E-state index contributed by atoms with van der Waals surface area (Å²) >= 11 is 0. The SMILES string of the molecule is O=CCCCC=O.O=P([O-])([O-])[O-].O=P([O-])([O-])[O-]. The fourth-order valence-corrected chi connectivity index (χ4v) is 0.285. The van der Waals surface area contributed by atoms with Gasteiger partial charge in [-0.1, -0.05) is 0 Å². The first-order valence-corrected chi connectivity index (χ1v) is 6.67. The summed E-state index contributed by atoms with van der Waals surface area (Å²) in [6.45, 7) is 0. The molecule has 0 saturated heterocycles. The molecular weight excluding hydrogens is 282 g/mol. The van der Waals surface area contributed by atoms with E-state index >= 15 is 0 Å².